The maximum absolute atomic E-state index is 13.2. The number of hydrogen-bond acceptors (Lipinski definition) is 5. The first-order valence-electron chi connectivity index (χ1n) is 10.7. The van der Waals surface area contributed by atoms with Crippen LogP contribution in [0.2, 0.25) is 0 Å². The Bertz CT molecular complexity index is 1470. The third-order valence-electron chi connectivity index (χ3n) is 5.28. The molecular formula is C27H21N3O3S. The lowest BCUT2D eigenvalue weighted by atomic mass is 10.1. The molecule has 0 radical (unpaired) electrons. The highest BCUT2D eigenvalue weighted by Crippen LogP contribution is 2.31. The van der Waals surface area contributed by atoms with Crippen LogP contribution in [-0.4, -0.2) is 24.7 Å². The summed E-state index contributed by atoms with van der Waals surface area (Å²) >= 11 is 1.51. The number of rotatable bonds is 6. The van der Waals surface area contributed by atoms with Gasteiger partial charge in [-0.3, -0.25) is 9.36 Å². The van der Waals surface area contributed by atoms with E-state index in [1.54, 1.807) is 47.2 Å². The Hall–Kier alpha value is -4.23. The van der Waals surface area contributed by atoms with Gasteiger partial charge in [0, 0.05) is 17.5 Å². The average molecular weight is 468 g/mol. The van der Waals surface area contributed by atoms with Crippen molar-refractivity contribution in [2.45, 2.75) is 16.3 Å². The topological polar surface area (TPSA) is 91.1 Å². The van der Waals surface area contributed by atoms with Crippen molar-refractivity contribution in [3.05, 3.63) is 118 Å². The van der Waals surface area contributed by atoms with Crippen LogP contribution in [0.5, 0.6) is 11.5 Å². The number of nitrogens with one attached hydrogen (secondary N) is 1. The Morgan fingerprint density at radius 1 is 0.882 bits per heavy atom. The molecule has 3 N–H and O–H groups in total. The molecule has 0 unspecified atom stereocenters. The number of benzene rings is 3. The normalized spacial score (nSPS) is 11.4. The molecule has 0 aliphatic carbocycles. The summed E-state index contributed by atoms with van der Waals surface area (Å²) in [5.74, 6) is 0.957. The molecule has 7 heteroatoms. The molecule has 3 aromatic carbocycles. The predicted molar refractivity (Wildman–Crippen MR) is 134 cm³/mol. The SMILES string of the molecule is O=c1c(Cc2ccc(O)cc2)nc2c(Sc3ccccc3)[nH]c(/C=C/c3ccc(O)cc3)cn1-2. The summed E-state index contributed by atoms with van der Waals surface area (Å²) in [6.45, 7) is 0. The number of aromatic nitrogens is 3. The lowest BCUT2D eigenvalue weighted by molar-refractivity contribution is 0.474. The Balaban J connectivity index is 1.56. The molecule has 0 atom stereocenters. The van der Waals surface area contributed by atoms with E-state index in [-0.39, 0.29) is 17.1 Å². The Kier molecular flexibility index (Phi) is 5.93. The molecule has 0 amide bonds. The standard InChI is InChI=1S/C27H21N3O3S/c31-21-12-7-18(8-13-21)6-11-20-17-30-25(26(28-20)34-23-4-2-1-3-5-23)29-24(27(30)33)16-19-9-14-22(32)15-10-19/h1-15,17,28,31-32H,16H2/b11-6+. The molecular weight excluding hydrogens is 446 g/mol. The summed E-state index contributed by atoms with van der Waals surface area (Å²) in [7, 11) is 0. The van der Waals surface area contributed by atoms with Gasteiger partial charge < -0.3 is 15.2 Å². The molecule has 2 heterocycles. The van der Waals surface area contributed by atoms with E-state index in [0.717, 1.165) is 26.7 Å². The monoisotopic (exact) mass is 467 g/mol. The van der Waals surface area contributed by atoms with Crippen molar-refractivity contribution < 1.29 is 10.2 Å². The molecule has 34 heavy (non-hydrogen) atoms. The van der Waals surface area contributed by atoms with Gasteiger partial charge in [-0.15, -0.1) is 0 Å². The number of phenolic OH excluding ortho intramolecular Hbond substituents is 2. The summed E-state index contributed by atoms with van der Waals surface area (Å²) in [6, 6.07) is 23.6. The van der Waals surface area contributed by atoms with Gasteiger partial charge in [0.1, 0.15) is 22.2 Å². The number of aromatic amines is 1. The Labute approximate surface area is 200 Å². The summed E-state index contributed by atoms with van der Waals surface area (Å²) in [6.07, 6.45) is 5.92. The smallest absolute Gasteiger partial charge is 0.278 e. The number of fused-ring (bicyclic) bond motifs is 1. The van der Waals surface area contributed by atoms with Crippen LogP contribution in [-0.2, 0) is 6.42 Å². The van der Waals surface area contributed by atoms with E-state index in [1.165, 1.54) is 11.8 Å². The van der Waals surface area contributed by atoms with Crippen LogP contribution >= 0.6 is 11.8 Å². The van der Waals surface area contributed by atoms with Crippen molar-refractivity contribution >= 4 is 23.9 Å². The van der Waals surface area contributed by atoms with E-state index in [4.69, 9.17) is 0 Å². The Morgan fingerprint density at radius 2 is 1.56 bits per heavy atom. The first-order valence-corrected chi connectivity index (χ1v) is 11.5. The van der Waals surface area contributed by atoms with Gasteiger partial charge in [0.25, 0.3) is 5.56 Å². The molecule has 3 aromatic rings. The second-order valence-electron chi connectivity index (χ2n) is 7.78. The highest BCUT2D eigenvalue weighted by molar-refractivity contribution is 7.99. The first-order chi connectivity index (χ1) is 16.5. The molecule has 0 fully saturated rings. The van der Waals surface area contributed by atoms with Gasteiger partial charge in [0.15, 0.2) is 5.82 Å². The summed E-state index contributed by atoms with van der Waals surface area (Å²) in [5, 5.41) is 19.8. The van der Waals surface area contributed by atoms with Gasteiger partial charge in [0.2, 0.25) is 0 Å². The van der Waals surface area contributed by atoms with E-state index < -0.39 is 0 Å². The number of aromatic hydroxyl groups is 2. The van der Waals surface area contributed by atoms with Gasteiger partial charge >= 0.3 is 0 Å². The largest absolute Gasteiger partial charge is 0.508 e. The minimum atomic E-state index is -0.175. The molecule has 2 aliphatic heterocycles. The van der Waals surface area contributed by atoms with E-state index >= 15 is 0 Å². The van der Waals surface area contributed by atoms with Gasteiger partial charge in [-0.25, -0.2) is 4.98 Å². The average Bonchev–Trinajstić information content (AvgIpc) is 3.16. The van der Waals surface area contributed by atoms with Crippen molar-refractivity contribution in [2.75, 3.05) is 0 Å². The molecule has 2 aliphatic rings. The number of H-pyrrole nitrogens is 1. The lowest BCUT2D eigenvalue weighted by Crippen LogP contribution is -2.16. The highest BCUT2D eigenvalue weighted by Gasteiger charge is 2.20. The Morgan fingerprint density at radius 3 is 2.26 bits per heavy atom. The number of imidazole rings is 1. The lowest BCUT2D eigenvalue weighted by Gasteiger charge is -2.10. The van der Waals surface area contributed by atoms with Crippen LogP contribution in [0, 0.1) is 0 Å². The summed E-state index contributed by atoms with van der Waals surface area (Å²) in [4.78, 5) is 22.3. The van der Waals surface area contributed by atoms with Gasteiger partial charge in [-0.05, 0) is 53.6 Å². The fourth-order valence-electron chi connectivity index (χ4n) is 3.56. The molecule has 0 saturated heterocycles. The van der Waals surface area contributed by atoms with Crippen molar-refractivity contribution in [3.63, 3.8) is 0 Å². The molecule has 168 valence electrons. The number of phenols is 2. The van der Waals surface area contributed by atoms with Crippen molar-refractivity contribution in [1.29, 1.82) is 0 Å². The maximum atomic E-state index is 13.2. The fraction of sp³-hybridized carbons (Fsp3) is 0.0370. The fourth-order valence-corrected chi connectivity index (χ4v) is 4.49. The van der Waals surface area contributed by atoms with Crippen LogP contribution in [0.15, 0.2) is 99.8 Å². The van der Waals surface area contributed by atoms with Crippen molar-refractivity contribution in [2.24, 2.45) is 0 Å². The summed E-state index contributed by atoms with van der Waals surface area (Å²) in [5.41, 5.74) is 2.82. The van der Waals surface area contributed by atoms with E-state index in [9.17, 15) is 15.0 Å². The van der Waals surface area contributed by atoms with E-state index in [0.29, 0.717) is 17.9 Å². The maximum Gasteiger partial charge on any atom is 0.278 e. The zero-order chi connectivity index (χ0) is 23.5. The molecule has 0 aromatic heterocycles. The van der Waals surface area contributed by atoms with Crippen molar-refractivity contribution in [1.82, 2.24) is 14.5 Å². The minimum Gasteiger partial charge on any atom is -0.508 e. The zero-order valence-corrected chi connectivity index (χ0v) is 18.9. The molecule has 0 spiro atoms. The third-order valence-corrected chi connectivity index (χ3v) is 6.28. The first kappa shape index (κ1) is 21.6. The van der Waals surface area contributed by atoms with E-state index in [2.05, 4.69) is 9.97 Å². The zero-order valence-electron chi connectivity index (χ0n) is 18.1. The highest BCUT2D eigenvalue weighted by atomic mass is 32.2. The van der Waals surface area contributed by atoms with E-state index in [1.807, 2.05) is 54.6 Å². The van der Waals surface area contributed by atoms with Gasteiger partial charge in [-0.1, -0.05) is 60.3 Å². The van der Waals surface area contributed by atoms with Crippen LogP contribution in [0.4, 0.5) is 0 Å². The van der Waals surface area contributed by atoms with Crippen LogP contribution in [0.1, 0.15) is 22.5 Å². The van der Waals surface area contributed by atoms with Gasteiger partial charge in [-0.2, -0.15) is 0 Å². The van der Waals surface area contributed by atoms with Crippen LogP contribution < -0.4 is 5.56 Å². The quantitative estimate of drug-likeness (QED) is 0.314. The number of hydrogen-bond donors (Lipinski definition) is 3. The van der Waals surface area contributed by atoms with Crippen LogP contribution in [0.3, 0.4) is 0 Å². The number of nitrogens with zero attached hydrogens (tertiary/aromatic N) is 2. The third kappa shape index (κ3) is 4.74. The molecule has 6 nitrogen and oxygen atoms in total. The molecule has 0 saturated carbocycles. The van der Waals surface area contributed by atoms with Gasteiger partial charge in [0.05, 0.1) is 5.69 Å². The summed E-state index contributed by atoms with van der Waals surface area (Å²) < 4.78 is 1.58. The minimum absolute atomic E-state index is 0.175. The molecule has 5 rings (SSSR count). The van der Waals surface area contributed by atoms with Crippen molar-refractivity contribution in [3.8, 4) is 17.3 Å². The predicted octanol–water partition coefficient (Wildman–Crippen LogP) is 5.32. The second kappa shape index (κ2) is 9.33. The molecule has 0 bridgehead atoms. The second-order valence-corrected chi connectivity index (χ2v) is 8.86. The van der Waals surface area contributed by atoms with Crippen LogP contribution in [0.25, 0.3) is 18.0 Å².